The van der Waals surface area contributed by atoms with Crippen LogP contribution in [0.1, 0.15) is 25.0 Å². The molecule has 0 amide bonds. The maximum Gasteiger partial charge on any atom is 0.0723 e. The molecule has 1 aliphatic rings. The van der Waals surface area contributed by atoms with Crippen LogP contribution in [0.4, 0.5) is 0 Å². The van der Waals surface area contributed by atoms with E-state index < -0.39 is 0 Å². The van der Waals surface area contributed by atoms with Crippen LogP contribution in [0.5, 0.6) is 0 Å². The van der Waals surface area contributed by atoms with Gasteiger partial charge in [-0.3, -0.25) is 0 Å². The lowest BCUT2D eigenvalue weighted by molar-refractivity contribution is 0.667. The predicted octanol–water partition coefficient (Wildman–Crippen LogP) is 12.9. The van der Waals surface area contributed by atoms with Gasteiger partial charge in [0.1, 0.15) is 0 Å². The fraction of sp³-hybridized carbons (Fsp3) is 0.0667. The number of para-hydroxylation sites is 1. The predicted molar refractivity (Wildman–Crippen MR) is 204 cm³/mol. The van der Waals surface area contributed by atoms with E-state index in [1.165, 1.54) is 102 Å². The number of hydrogen-bond acceptors (Lipinski definition) is 1. The lowest BCUT2D eigenvalue weighted by Gasteiger charge is -2.23. The van der Waals surface area contributed by atoms with E-state index in [9.17, 15) is 0 Å². The SMILES string of the molecule is CC1(C)c2ccccc2-c2c1c1c3ccccc3n(-c3ccc4c5ccccc5c5ccccc5c4c3)c1c1sc3ccccc3c21. The molecule has 0 N–H and O–H groups in total. The molecule has 0 fully saturated rings. The van der Waals surface area contributed by atoms with Gasteiger partial charge in [-0.1, -0.05) is 129 Å². The van der Waals surface area contributed by atoms with Crippen LogP contribution >= 0.6 is 11.3 Å². The molecule has 0 atom stereocenters. The van der Waals surface area contributed by atoms with Crippen LogP contribution in [0.3, 0.4) is 0 Å². The summed E-state index contributed by atoms with van der Waals surface area (Å²) in [6, 6.07) is 52.1. The van der Waals surface area contributed by atoms with E-state index in [2.05, 4.69) is 158 Å². The lowest BCUT2D eigenvalue weighted by Crippen LogP contribution is -2.15. The van der Waals surface area contributed by atoms with E-state index in [-0.39, 0.29) is 5.41 Å². The first-order valence-electron chi connectivity index (χ1n) is 16.5. The van der Waals surface area contributed by atoms with E-state index >= 15 is 0 Å². The van der Waals surface area contributed by atoms with Gasteiger partial charge in [-0.25, -0.2) is 0 Å². The molecule has 2 heterocycles. The second-order valence-electron chi connectivity index (χ2n) is 13.6. The first kappa shape index (κ1) is 25.7. The van der Waals surface area contributed by atoms with Crippen molar-refractivity contribution < 1.29 is 0 Å². The minimum Gasteiger partial charge on any atom is -0.308 e. The summed E-state index contributed by atoms with van der Waals surface area (Å²) >= 11 is 1.94. The van der Waals surface area contributed by atoms with Crippen molar-refractivity contribution in [1.29, 1.82) is 0 Å². The van der Waals surface area contributed by atoms with Crippen LogP contribution in [-0.4, -0.2) is 4.57 Å². The summed E-state index contributed by atoms with van der Waals surface area (Å²) in [7, 11) is 0. The molecule has 0 unspecified atom stereocenters. The van der Waals surface area contributed by atoms with E-state index in [1.54, 1.807) is 0 Å². The Hall–Kier alpha value is -5.44. The Labute approximate surface area is 275 Å². The standard InChI is InChI=1S/C45H29NS/c1-45(2)36-20-10-7-17-32(36)39-40-34-19-9-12-22-38(34)47-44(40)43-41(42(39)45)33-18-8-11-21-37(33)46(43)26-23-24-31-29-15-4-3-13-27(29)28-14-5-6-16-30(28)35(31)25-26/h3-25H,1-2H3. The van der Waals surface area contributed by atoms with E-state index in [1.807, 2.05) is 11.3 Å². The molecule has 8 aromatic carbocycles. The van der Waals surface area contributed by atoms with Gasteiger partial charge >= 0.3 is 0 Å². The van der Waals surface area contributed by atoms with Gasteiger partial charge < -0.3 is 4.57 Å². The molecule has 0 radical (unpaired) electrons. The summed E-state index contributed by atoms with van der Waals surface area (Å²) in [6.07, 6.45) is 0. The fourth-order valence-corrected chi connectivity index (χ4v) is 10.2. The van der Waals surface area contributed by atoms with Gasteiger partial charge in [0.2, 0.25) is 0 Å². The molecule has 220 valence electrons. The third kappa shape index (κ3) is 3.14. The summed E-state index contributed by atoms with van der Waals surface area (Å²) in [5.74, 6) is 0. The molecule has 1 nitrogen and oxygen atoms in total. The van der Waals surface area contributed by atoms with E-state index in [4.69, 9.17) is 0 Å². The Bertz CT molecular complexity index is 2950. The van der Waals surface area contributed by atoms with Crippen LogP contribution < -0.4 is 0 Å². The molecule has 2 aromatic heterocycles. The maximum atomic E-state index is 2.57. The molecular weight excluding hydrogens is 587 g/mol. The van der Waals surface area contributed by atoms with Gasteiger partial charge in [0.15, 0.2) is 0 Å². The zero-order valence-corrected chi connectivity index (χ0v) is 27.0. The summed E-state index contributed by atoms with van der Waals surface area (Å²) in [4.78, 5) is 0. The highest BCUT2D eigenvalue weighted by Gasteiger charge is 2.40. The minimum atomic E-state index is -0.144. The Morgan fingerprint density at radius 3 is 1.83 bits per heavy atom. The van der Waals surface area contributed by atoms with E-state index in [0.717, 1.165) is 0 Å². The zero-order chi connectivity index (χ0) is 31.0. The highest BCUT2D eigenvalue weighted by Crippen LogP contribution is 2.58. The number of aromatic nitrogens is 1. The topological polar surface area (TPSA) is 4.93 Å². The summed E-state index contributed by atoms with van der Waals surface area (Å²) in [5.41, 5.74) is 9.31. The van der Waals surface area contributed by atoms with Gasteiger partial charge in [-0.05, 0) is 78.8 Å². The molecule has 0 aliphatic heterocycles. The first-order chi connectivity index (χ1) is 23.1. The summed E-state index contributed by atoms with van der Waals surface area (Å²) < 4.78 is 5.28. The van der Waals surface area contributed by atoms with Crippen LogP contribution in [-0.2, 0) is 5.41 Å². The van der Waals surface area contributed by atoms with Crippen molar-refractivity contribution in [2.24, 2.45) is 0 Å². The van der Waals surface area contributed by atoms with Crippen LogP contribution in [0.15, 0.2) is 140 Å². The van der Waals surface area contributed by atoms with Gasteiger partial charge in [0.25, 0.3) is 0 Å². The normalized spacial score (nSPS) is 13.9. The van der Waals surface area contributed by atoms with Crippen molar-refractivity contribution in [3.63, 3.8) is 0 Å². The van der Waals surface area contributed by atoms with Gasteiger partial charge in [-0.15, -0.1) is 11.3 Å². The maximum absolute atomic E-state index is 2.57. The van der Waals surface area contributed by atoms with Crippen molar-refractivity contribution in [3.05, 3.63) is 151 Å². The lowest BCUT2D eigenvalue weighted by atomic mass is 9.80. The summed E-state index contributed by atoms with van der Waals surface area (Å²) in [6.45, 7) is 4.85. The monoisotopic (exact) mass is 615 g/mol. The van der Waals surface area contributed by atoms with Gasteiger partial charge in [-0.2, -0.15) is 0 Å². The second kappa shape index (κ2) is 8.88. The molecule has 0 spiro atoms. The highest BCUT2D eigenvalue weighted by atomic mass is 32.1. The molecule has 47 heavy (non-hydrogen) atoms. The molecule has 11 rings (SSSR count). The van der Waals surface area contributed by atoms with E-state index in [0.29, 0.717) is 0 Å². The van der Waals surface area contributed by atoms with Crippen molar-refractivity contribution in [3.8, 4) is 16.8 Å². The molecule has 0 bridgehead atoms. The largest absolute Gasteiger partial charge is 0.308 e. The Kier molecular flexibility index (Phi) is 4.86. The van der Waals surface area contributed by atoms with Crippen molar-refractivity contribution in [2.45, 2.75) is 19.3 Å². The Morgan fingerprint density at radius 2 is 1.09 bits per heavy atom. The number of fused-ring (bicyclic) bond motifs is 18. The molecule has 1 aliphatic carbocycles. The average Bonchev–Trinajstić information content (AvgIpc) is 3.74. The van der Waals surface area contributed by atoms with Crippen molar-refractivity contribution in [2.75, 3.05) is 0 Å². The third-order valence-corrected chi connectivity index (χ3v) is 12.1. The fourth-order valence-electron chi connectivity index (χ4n) is 9.00. The third-order valence-electron chi connectivity index (χ3n) is 10.9. The number of thiophene rings is 1. The zero-order valence-electron chi connectivity index (χ0n) is 26.1. The van der Waals surface area contributed by atoms with Crippen molar-refractivity contribution in [1.82, 2.24) is 4.57 Å². The molecular formula is C45H29NS. The van der Waals surface area contributed by atoms with Crippen LogP contribution in [0.2, 0.25) is 0 Å². The minimum absolute atomic E-state index is 0.144. The average molecular weight is 616 g/mol. The van der Waals surface area contributed by atoms with Crippen molar-refractivity contribution >= 4 is 85.6 Å². The molecule has 2 heteroatoms. The van der Waals surface area contributed by atoms with Gasteiger partial charge in [0.05, 0.1) is 15.7 Å². The Morgan fingerprint density at radius 1 is 0.511 bits per heavy atom. The molecule has 10 aromatic rings. The second-order valence-corrected chi connectivity index (χ2v) is 14.7. The van der Waals surface area contributed by atoms with Gasteiger partial charge in [0, 0.05) is 37.3 Å². The Balaban J connectivity index is 1.38. The molecule has 0 saturated carbocycles. The highest BCUT2D eigenvalue weighted by molar-refractivity contribution is 7.26. The number of rotatable bonds is 1. The van der Waals surface area contributed by atoms with Crippen LogP contribution in [0, 0.1) is 0 Å². The van der Waals surface area contributed by atoms with Crippen LogP contribution in [0.25, 0.3) is 91.1 Å². The number of benzene rings is 8. The smallest absolute Gasteiger partial charge is 0.0723 e. The quantitative estimate of drug-likeness (QED) is 0.162. The first-order valence-corrected chi connectivity index (χ1v) is 17.3. The number of hydrogen-bond donors (Lipinski definition) is 0. The summed E-state index contributed by atoms with van der Waals surface area (Å²) in [5, 5.41) is 13.3. The molecule has 0 saturated heterocycles. The number of nitrogens with zero attached hydrogens (tertiary/aromatic N) is 1.